The fourth-order valence-corrected chi connectivity index (χ4v) is 2.66. The lowest BCUT2D eigenvalue weighted by Gasteiger charge is -2.21. The maximum atomic E-state index is 13.7. The van der Waals surface area contributed by atoms with E-state index in [0.29, 0.717) is 5.56 Å². The van der Waals surface area contributed by atoms with Crippen LogP contribution in [0.3, 0.4) is 0 Å². The van der Waals surface area contributed by atoms with Gasteiger partial charge in [-0.15, -0.1) is 0 Å². The van der Waals surface area contributed by atoms with Crippen LogP contribution < -0.4 is 5.32 Å². The first kappa shape index (κ1) is 16.1. The highest BCUT2D eigenvalue weighted by Gasteiger charge is 2.14. The summed E-state index contributed by atoms with van der Waals surface area (Å²) in [4.78, 5) is 0. The van der Waals surface area contributed by atoms with Crippen LogP contribution in [0.1, 0.15) is 31.0 Å². The van der Waals surface area contributed by atoms with E-state index in [1.165, 1.54) is 17.7 Å². The van der Waals surface area contributed by atoms with Crippen LogP contribution in [0.25, 0.3) is 0 Å². The molecule has 2 rings (SSSR count). The Labute approximate surface area is 132 Å². The van der Waals surface area contributed by atoms with Crippen molar-refractivity contribution in [1.29, 1.82) is 0 Å². The molecule has 0 saturated heterocycles. The number of halogens is 3. The number of nitrogens with one attached hydrogen (secondary N) is 1. The minimum absolute atomic E-state index is 0.156. The lowest BCUT2D eigenvalue weighted by atomic mass is 10.0. The molecule has 112 valence electrons. The second-order valence-electron chi connectivity index (χ2n) is 5.29. The highest BCUT2D eigenvalue weighted by molar-refractivity contribution is 9.10. The van der Waals surface area contributed by atoms with Crippen LogP contribution in [0, 0.1) is 11.6 Å². The Kier molecular flexibility index (Phi) is 5.48. The number of hydrogen-bond acceptors (Lipinski definition) is 1. The molecule has 0 saturated carbocycles. The van der Waals surface area contributed by atoms with Crippen molar-refractivity contribution < 1.29 is 8.78 Å². The Morgan fingerprint density at radius 3 is 2.38 bits per heavy atom. The predicted molar refractivity (Wildman–Crippen MR) is 85.2 cm³/mol. The molecular formula is C17H18BrF2N. The van der Waals surface area contributed by atoms with Crippen molar-refractivity contribution in [1.82, 2.24) is 5.32 Å². The van der Waals surface area contributed by atoms with Gasteiger partial charge < -0.3 is 5.32 Å². The zero-order valence-corrected chi connectivity index (χ0v) is 13.6. The summed E-state index contributed by atoms with van der Waals surface area (Å²) in [7, 11) is 0. The normalized spacial score (nSPS) is 14.0. The fraction of sp³-hybridized carbons (Fsp3) is 0.294. The molecule has 0 heterocycles. The zero-order valence-electron chi connectivity index (χ0n) is 12.0. The van der Waals surface area contributed by atoms with E-state index in [0.717, 1.165) is 17.0 Å². The molecular weight excluding hydrogens is 336 g/mol. The molecule has 2 atom stereocenters. The quantitative estimate of drug-likeness (QED) is 0.796. The van der Waals surface area contributed by atoms with Crippen LogP contribution in [0.2, 0.25) is 0 Å². The second kappa shape index (κ2) is 7.14. The first-order chi connectivity index (χ1) is 9.95. The highest BCUT2D eigenvalue weighted by atomic mass is 79.9. The van der Waals surface area contributed by atoms with Gasteiger partial charge in [-0.2, -0.15) is 0 Å². The standard InChI is InChI=1S/C17H18BrF2N/c1-11(9-13-3-5-14(18)6-4-13)21-12(2)16-10-15(19)7-8-17(16)20/h3-8,10-12,21H,9H2,1-2H3. The maximum Gasteiger partial charge on any atom is 0.128 e. The van der Waals surface area contributed by atoms with Gasteiger partial charge in [0.15, 0.2) is 0 Å². The van der Waals surface area contributed by atoms with Crippen molar-refractivity contribution in [2.75, 3.05) is 0 Å². The van der Waals surface area contributed by atoms with Crippen molar-refractivity contribution in [3.8, 4) is 0 Å². The molecule has 1 nitrogen and oxygen atoms in total. The molecule has 2 aromatic rings. The first-order valence-corrected chi connectivity index (χ1v) is 7.70. The third-order valence-corrected chi connectivity index (χ3v) is 3.94. The summed E-state index contributed by atoms with van der Waals surface area (Å²) in [6.07, 6.45) is 0.828. The molecule has 0 radical (unpaired) electrons. The number of hydrogen-bond donors (Lipinski definition) is 1. The van der Waals surface area contributed by atoms with Gasteiger partial charge in [-0.25, -0.2) is 8.78 Å². The van der Waals surface area contributed by atoms with Crippen LogP contribution >= 0.6 is 15.9 Å². The van der Waals surface area contributed by atoms with Gasteiger partial charge in [0.2, 0.25) is 0 Å². The van der Waals surface area contributed by atoms with E-state index < -0.39 is 5.82 Å². The van der Waals surface area contributed by atoms with Crippen molar-refractivity contribution in [2.24, 2.45) is 0 Å². The SMILES string of the molecule is CC(Cc1ccc(Br)cc1)NC(C)c1cc(F)ccc1F. The molecule has 21 heavy (non-hydrogen) atoms. The van der Waals surface area contributed by atoms with Crippen molar-refractivity contribution >= 4 is 15.9 Å². The van der Waals surface area contributed by atoms with E-state index in [4.69, 9.17) is 0 Å². The molecule has 2 unspecified atom stereocenters. The van der Waals surface area contributed by atoms with Gasteiger partial charge in [-0.1, -0.05) is 28.1 Å². The molecule has 0 aliphatic heterocycles. The lowest BCUT2D eigenvalue weighted by Crippen LogP contribution is -2.31. The lowest BCUT2D eigenvalue weighted by molar-refractivity contribution is 0.457. The van der Waals surface area contributed by atoms with Gasteiger partial charge in [0.1, 0.15) is 11.6 Å². The summed E-state index contributed by atoms with van der Waals surface area (Å²) in [5, 5.41) is 3.31. The topological polar surface area (TPSA) is 12.0 Å². The third-order valence-electron chi connectivity index (χ3n) is 3.41. The van der Waals surface area contributed by atoms with Crippen LogP contribution in [0.15, 0.2) is 46.9 Å². The van der Waals surface area contributed by atoms with Crippen LogP contribution in [0.5, 0.6) is 0 Å². The molecule has 0 aliphatic carbocycles. The van der Waals surface area contributed by atoms with Gasteiger partial charge in [-0.3, -0.25) is 0 Å². The van der Waals surface area contributed by atoms with Crippen LogP contribution in [0.4, 0.5) is 8.78 Å². The minimum Gasteiger partial charge on any atom is -0.307 e. The first-order valence-electron chi connectivity index (χ1n) is 6.91. The summed E-state index contributed by atoms with van der Waals surface area (Å²) in [6, 6.07) is 11.6. The molecule has 0 spiro atoms. The van der Waals surface area contributed by atoms with E-state index in [2.05, 4.69) is 33.4 Å². The van der Waals surface area contributed by atoms with Gasteiger partial charge >= 0.3 is 0 Å². The van der Waals surface area contributed by atoms with E-state index in [1.807, 2.05) is 26.0 Å². The molecule has 0 aromatic heterocycles. The highest BCUT2D eigenvalue weighted by Crippen LogP contribution is 2.19. The van der Waals surface area contributed by atoms with Crippen molar-refractivity contribution in [3.63, 3.8) is 0 Å². The van der Waals surface area contributed by atoms with E-state index in [-0.39, 0.29) is 17.9 Å². The summed E-state index contributed by atoms with van der Waals surface area (Å²) >= 11 is 3.40. The zero-order chi connectivity index (χ0) is 15.4. The van der Waals surface area contributed by atoms with E-state index in [9.17, 15) is 8.78 Å². The summed E-state index contributed by atoms with van der Waals surface area (Å²) in [6.45, 7) is 3.88. The van der Waals surface area contributed by atoms with Gasteiger partial charge in [0.25, 0.3) is 0 Å². The monoisotopic (exact) mass is 353 g/mol. The van der Waals surface area contributed by atoms with Gasteiger partial charge in [0.05, 0.1) is 0 Å². The molecule has 0 fully saturated rings. The third kappa shape index (κ3) is 4.61. The Hall–Kier alpha value is -1.26. The van der Waals surface area contributed by atoms with Crippen LogP contribution in [-0.2, 0) is 6.42 Å². The summed E-state index contributed by atoms with van der Waals surface area (Å²) in [5.74, 6) is -0.798. The molecule has 0 bridgehead atoms. The summed E-state index contributed by atoms with van der Waals surface area (Å²) in [5.41, 5.74) is 1.56. The average Bonchev–Trinajstić information content (AvgIpc) is 2.44. The molecule has 4 heteroatoms. The number of rotatable bonds is 5. The molecule has 0 amide bonds. The average molecular weight is 354 g/mol. The maximum absolute atomic E-state index is 13.7. The molecule has 0 aliphatic rings. The van der Waals surface area contributed by atoms with Gasteiger partial charge in [0, 0.05) is 22.1 Å². The Morgan fingerprint density at radius 2 is 1.71 bits per heavy atom. The van der Waals surface area contributed by atoms with E-state index in [1.54, 1.807) is 0 Å². The second-order valence-corrected chi connectivity index (χ2v) is 6.20. The number of benzene rings is 2. The van der Waals surface area contributed by atoms with Crippen molar-refractivity contribution in [3.05, 3.63) is 69.7 Å². The largest absolute Gasteiger partial charge is 0.307 e. The Morgan fingerprint density at radius 1 is 1.05 bits per heavy atom. The Bertz CT molecular complexity index is 598. The predicted octanol–water partition coefficient (Wildman–Crippen LogP) is 5.01. The van der Waals surface area contributed by atoms with Crippen molar-refractivity contribution in [2.45, 2.75) is 32.4 Å². The summed E-state index contributed by atoms with van der Waals surface area (Å²) < 4.78 is 28.0. The fourth-order valence-electron chi connectivity index (χ4n) is 2.40. The minimum atomic E-state index is -0.416. The van der Waals surface area contributed by atoms with E-state index >= 15 is 0 Å². The van der Waals surface area contributed by atoms with Crippen LogP contribution in [-0.4, -0.2) is 6.04 Å². The van der Waals surface area contributed by atoms with Gasteiger partial charge in [-0.05, 0) is 56.2 Å². The smallest absolute Gasteiger partial charge is 0.128 e. The molecule has 1 N–H and O–H groups in total. The Balaban J connectivity index is 2.00. The molecule has 2 aromatic carbocycles.